The molecule has 0 unspecified atom stereocenters. The van der Waals surface area contributed by atoms with Gasteiger partial charge in [-0.1, -0.05) is 158 Å². The van der Waals surface area contributed by atoms with Crippen molar-refractivity contribution >= 4 is 51.0 Å². The van der Waals surface area contributed by atoms with Crippen molar-refractivity contribution in [3.8, 4) is 51.0 Å². The van der Waals surface area contributed by atoms with Gasteiger partial charge >= 0.3 is 0 Å². The van der Waals surface area contributed by atoms with Gasteiger partial charge in [-0.25, -0.2) is 15.0 Å². The van der Waals surface area contributed by atoms with E-state index in [-0.39, 0.29) is 0 Å². The standard InChI is InChI=1S/C53H35N5/c1-4-16-37(17-5-1)51-54-52(38-18-6-2-7-19-38)56-53(55-51)42-20-14-23-44(34-42)58-49-26-13-11-24-45(49)46-31-29-40(35-50(46)58)39-30-32-48-41(33-39)28-27-36-15-10-12-25-47(36)57(48)43-21-8-3-9-22-43/h1-35H. The van der Waals surface area contributed by atoms with E-state index >= 15 is 0 Å². The highest BCUT2D eigenvalue weighted by atomic mass is 15.1. The predicted octanol–water partition coefficient (Wildman–Crippen LogP) is 13.6. The lowest BCUT2D eigenvalue weighted by Gasteiger charge is -2.27. The minimum atomic E-state index is 0.626. The van der Waals surface area contributed by atoms with E-state index in [4.69, 9.17) is 15.0 Å². The first kappa shape index (κ1) is 33.4. The topological polar surface area (TPSA) is 46.8 Å². The van der Waals surface area contributed by atoms with Gasteiger partial charge in [0.2, 0.25) is 0 Å². The Hall–Kier alpha value is -7.89. The van der Waals surface area contributed by atoms with Crippen LogP contribution < -0.4 is 4.90 Å². The van der Waals surface area contributed by atoms with Crippen LogP contribution in [-0.4, -0.2) is 19.5 Å². The largest absolute Gasteiger partial charge is 0.309 e. The molecule has 1 aliphatic heterocycles. The first-order valence-corrected chi connectivity index (χ1v) is 19.5. The second kappa shape index (κ2) is 14.0. The second-order valence-corrected chi connectivity index (χ2v) is 14.5. The normalized spacial score (nSPS) is 12.0. The Morgan fingerprint density at radius 1 is 0.310 bits per heavy atom. The molecule has 2 aromatic heterocycles. The van der Waals surface area contributed by atoms with Crippen molar-refractivity contribution in [2.75, 3.05) is 4.90 Å². The number of hydrogen-bond donors (Lipinski definition) is 0. The maximum Gasteiger partial charge on any atom is 0.164 e. The zero-order valence-electron chi connectivity index (χ0n) is 31.4. The molecule has 0 saturated heterocycles. The predicted molar refractivity (Wildman–Crippen MR) is 240 cm³/mol. The fourth-order valence-electron chi connectivity index (χ4n) is 8.22. The summed E-state index contributed by atoms with van der Waals surface area (Å²) < 4.78 is 2.37. The Morgan fingerprint density at radius 2 is 0.845 bits per heavy atom. The number of nitrogens with zero attached hydrogens (tertiary/aromatic N) is 5. The molecular formula is C53H35N5. The summed E-state index contributed by atoms with van der Waals surface area (Å²) in [4.78, 5) is 17.4. The third-order valence-electron chi connectivity index (χ3n) is 11.0. The zero-order valence-corrected chi connectivity index (χ0v) is 31.4. The monoisotopic (exact) mass is 741 g/mol. The molecule has 8 aromatic carbocycles. The molecule has 0 spiro atoms. The summed E-state index contributed by atoms with van der Waals surface area (Å²) in [5.74, 6) is 1.91. The number of hydrogen-bond acceptors (Lipinski definition) is 4. The molecule has 0 amide bonds. The van der Waals surface area contributed by atoms with Crippen LogP contribution in [-0.2, 0) is 0 Å². The van der Waals surface area contributed by atoms with Crippen LogP contribution >= 0.6 is 0 Å². The fraction of sp³-hybridized carbons (Fsp3) is 0. The third kappa shape index (κ3) is 5.85. The van der Waals surface area contributed by atoms with Crippen LogP contribution in [0.15, 0.2) is 200 Å². The first-order valence-electron chi connectivity index (χ1n) is 19.5. The molecule has 0 fully saturated rings. The van der Waals surface area contributed by atoms with Crippen LogP contribution in [0.2, 0.25) is 0 Å². The highest BCUT2D eigenvalue weighted by Gasteiger charge is 2.21. The molecule has 5 heteroatoms. The number of aromatic nitrogens is 4. The van der Waals surface area contributed by atoms with E-state index in [0.717, 1.165) is 67.2 Å². The third-order valence-corrected chi connectivity index (χ3v) is 11.0. The molecule has 0 aliphatic carbocycles. The Bertz CT molecular complexity index is 3110. The maximum atomic E-state index is 5.04. The average Bonchev–Trinajstić information content (AvgIpc) is 3.53. The molecule has 0 bridgehead atoms. The molecule has 0 radical (unpaired) electrons. The summed E-state index contributed by atoms with van der Waals surface area (Å²) in [7, 11) is 0. The molecule has 5 nitrogen and oxygen atoms in total. The maximum absolute atomic E-state index is 5.04. The molecule has 0 N–H and O–H groups in total. The van der Waals surface area contributed by atoms with E-state index in [1.807, 2.05) is 60.7 Å². The summed E-state index contributed by atoms with van der Waals surface area (Å²) in [6, 6.07) is 70.3. The van der Waals surface area contributed by atoms with E-state index in [2.05, 4.69) is 161 Å². The summed E-state index contributed by atoms with van der Waals surface area (Å²) in [5, 5.41) is 2.40. The van der Waals surface area contributed by atoms with Crippen molar-refractivity contribution in [1.82, 2.24) is 19.5 Å². The van der Waals surface area contributed by atoms with E-state index in [1.54, 1.807) is 0 Å². The van der Waals surface area contributed by atoms with Crippen molar-refractivity contribution < 1.29 is 0 Å². The van der Waals surface area contributed by atoms with Crippen LogP contribution in [0.3, 0.4) is 0 Å². The van der Waals surface area contributed by atoms with Crippen LogP contribution in [0.25, 0.3) is 84.9 Å². The fourth-order valence-corrected chi connectivity index (χ4v) is 8.22. The van der Waals surface area contributed by atoms with Crippen molar-refractivity contribution in [2.24, 2.45) is 0 Å². The molecule has 0 saturated carbocycles. The number of para-hydroxylation sites is 3. The van der Waals surface area contributed by atoms with Gasteiger partial charge in [0.1, 0.15) is 0 Å². The smallest absolute Gasteiger partial charge is 0.164 e. The lowest BCUT2D eigenvalue weighted by Crippen LogP contribution is -2.11. The zero-order chi connectivity index (χ0) is 38.4. The average molecular weight is 742 g/mol. The quantitative estimate of drug-likeness (QED) is 0.170. The minimum absolute atomic E-state index is 0.626. The summed E-state index contributed by atoms with van der Waals surface area (Å²) in [5.41, 5.74) is 14.2. The Balaban J connectivity index is 1.05. The molecular weight excluding hydrogens is 707 g/mol. The van der Waals surface area contributed by atoms with E-state index in [0.29, 0.717) is 17.5 Å². The summed E-state index contributed by atoms with van der Waals surface area (Å²) in [6.07, 6.45) is 4.47. The molecule has 3 heterocycles. The SMILES string of the molecule is C1=Cc2cc(-c3ccc4c5ccccc5n(-c5cccc(-c6nc(-c7ccccc7)nc(-c7ccccc7)n6)c5)c4c3)ccc2N(c2ccccc2)c2ccccc21. The molecule has 11 rings (SSSR count). The molecule has 10 aromatic rings. The van der Waals surface area contributed by atoms with Crippen LogP contribution in [0.5, 0.6) is 0 Å². The minimum Gasteiger partial charge on any atom is -0.309 e. The van der Waals surface area contributed by atoms with Gasteiger partial charge in [-0.2, -0.15) is 0 Å². The van der Waals surface area contributed by atoms with Gasteiger partial charge in [0, 0.05) is 38.8 Å². The molecule has 272 valence electrons. The van der Waals surface area contributed by atoms with Gasteiger partial charge in [0.15, 0.2) is 17.5 Å². The van der Waals surface area contributed by atoms with Crippen molar-refractivity contribution in [2.45, 2.75) is 0 Å². The van der Waals surface area contributed by atoms with Gasteiger partial charge in [0.25, 0.3) is 0 Å². The van der Waals surface area contributed by atoms with Crippen molar-refractivity contribution in [1.29, 1.82) is 0 Å². The molecule has 58 heavy (non-hydrogen) atoms. The number of benzene rings is 8. The van der Waals surface area contributed by atoms with Crippen LogP contribution in [0, 0.1) is 0 Å². The van der Waals surface area contributed by atoms with Crippen molar-refractivity contribution in [3.63, 3.8) is 0 Å². The van der Waals surface area contributed by atoms with Gasteiger partial charge in [0.05, 0.1) is 22.4 Å². The van der Waals surface area contributed by atoms with E-state index in [1.165, 1.54) is 16.3 Å². The Kier molecular flexibility index (Phi) is 8.07. The van der Waals surface area contributed by atoms with Gasteiger partial charge in [-0.3, -0.25) is 0 Å². The first-order chi connectivity index (χ1) is 28.7. The highest BCUT2D eigenvalue weighted by Crippen LogP contribution is 2.44. The summed E-state index contributed by atoms with van der Waals surface area (Å²) in [6.45, 7) is 0. The van der Waals surface area contributed by atoms with E-state index in [9.17, 15) is 0 Å². The number of rotatable bonds is 6. The number of anilines is 3. The van der Waals surface area contributed by atoms with Crippen LogP contribution in [0.4, 0.5) is 17.1 Å². The van der Waals surface area contributed by atoms with Crippen molar-refractivity contribution in [3.05, 3.63) is 211 Å². The Labute approximate surface area is 336 Å². The highest BCUT2D eigenvalue weighted by molar-refractivity contribution is 6.10. The van der Waals surface area contributed by atoms with E-state index < -0.39 is 0 Å². The molecule has 1 aliphatic rings. The number of fused-ring (bicyclic) bond motifs is 5. The lowest BCUT2D eigenvalue weighted by atomic mass is 9.99. The van der Waals surface area contributed by atoms with Gasteiger partial charge in [-0.05, 0) is 76.9 Å². The molecule has 0 atom stereocenters. The lowest BCUT2D eigenvalue weighted by molar-refractivity contribution is 1.07. The van der Waals surface area contributed by atoms with Crippen LogP contribution in [0.1, 0.15) is 11.1 Å². The van der Waals surface area contributed by atoms with Gasteiger partial charge in [-0.15, -0.1) is 0 Å². The second-order valence-electron chi connectivity index (χ2n) is 14.5. The van der Waals surface area contributed by atoms with Gasteiger partial charge < -0.3 is 9.47 Å². The summed E-state index contributed by atoms with van der Waals surface area (Å²) >= 11 is 0. The Morgan fingerprint density at radius 3 is 1.60 bits per heavy atom.